The Morgan fingerprint density at radius 2 is 1.56 bits per heavy atom. The third kappa shape index (κ3) is 5.94. The maximum Gasteiger partial charge on any atom is 0.279 e. The Hall–Kier alpha value is -3.84. The lowest BCUT2D eigenvalue weighted by Crippen LogP contribution is -2.48. The first-order chi connectivity index (χ1) is 16.5. The molecule has 0 aliphatic heterocycles. The first-order valence-electron chi connectivity index (χ1n) is 10.7. The SMILES string of the molecule is CC(Oc1ccc2ccccc2c1)C(=O)NNC(=O)COc1ccc(-c2ccccc2)cc1Br. The number of amides is 2. The maximum atomic E-state index is 12.3. The Morgan fingerprint density at radius 3 is 2.32 bits per heavy atom. The van der Waals surface area contributed by atoms with Crippen molar-refractivity contribution in [2.45, 2.75) is 13.0 Å². The van der Waals surface area contributed by atoms with E-state index in [1.165, 1.54) is 0 Å². The molecule has 0 aliphatic carbocycles. The van der Waals surface area contributed by atoms with E-state index in [4.69, 9.17) is 9.47 Å². The Kier molecular flexibility index (Phi) is 7.44. The van der Waals surface area contributed by atoms with E-state index < -0.39 is 17.9 Å². The highest BCUT2D eigenvalue weighted by molar-refractivity contribution is 9.10. The minimum atomic E-state index is -0.804. The van der Waals surface area contributed by atoms with Gasteiger partial charge in [-0.15, -0.1) is 0 Å². The fourth-order valence-electron chi connectivity index (χ4n) is 3.34. The maximum absolute atomic E-state index is 12.3. The summed E-state index contributed by atoms with van der Waals surface area (Å²) >= 11 is 3.48. The molecule has 0 bridgehead atoms. The van der Waals surface area contributed by atoms with Gasteiger partial charge in [-0.2, -0.15) is 0 Å². The second-order valence-corrected chi connectivity index (χ2v) is 8.46. The van der Waals surface area contributed by atoms with E-state index in [1.807, 2.05) is 78.9 Å². The molecule has 0 aliphatic rings. The number of hydrogen-bond acceptors (Lipinski definition) is 4. The van der Waals surface area contributed by atoms with Crippen molar-refractivity contribution in [3.63, 3.8) is 0 Å². The summed E-state index contributed by atoms with van der Waals surface area (Å²) in [7, 11) is 0. The predicted molar refractivity (Wildman–Crippen MR) is 135 cm³/mol. The summed E-state index contributed by atoms with van der Waals surface area (Å²) < 4.78 is 12.0. The van der Waals surface area contributed by atoms with Gasteiger partial charge in [0.25, 0.3) is 11.8 Å². The molecule has 2 amide bonds. The molecule has 1 unspecified atom stereocenters. The van der Waals surface area contributed by atoms with Crippen LogP contribution < -0.4 is 20.3 Å². The third-order valence-corrected chi connectivity index (χ3v) is 5.75. The number of rotatable bonds is 7. The highest BCUT2D eigenvalue weighted by Gasteiger charge is 2.16. The Balaban J connectivity index is 1.25. The fourth-order valence-corrected chi connectivity index (χ4v) is 3.83. The van der Waals surface area contributed by atoms with Crippen LogP contribution in [0.4, 0.5) is 0 Å². The van der Waals surface area contributed by atoms with Gasteiger partial charge >= 0.3 is 0 Å². The number of ether oxygens (including phenoxy) is 2. The van der Waals surface area contributed by atoms with Crippen LogP contribution in [0.25, 0.3) is 21.9 Å². The van der Waals surface area contributed by atoms with Gasteiger partial charge in [0.2, 0.25) is 0 Å². The summed E-state index contributed by atoms with van der Waals surface area (Å²) in [6.07, 6.45) is -0.804. The molecule has 7 heteroatoms. The molecule has 1 atom stereocenters. The molecular weight excluding hydrogens is 496 g/mol. The first kappa shape index (κ1) is 23.3. The largest absolute Gasteiger partial charge is 0.483 e. The number of carbonyl (C=O) groups excluding carboxylic acids is 2. The van der Waals surface area contributed by atoms with Gasteiger partial charge in [0, 0.05) is 0 Å². The van der Waals surface area contributed by atoms with Crippen LogP contribution in [0.2, 0.25) is 0 Å². The van der Waals surface area contributed by atoms with Gasteiger partial charge in [-0.25, -0.2) is 0 Å². The second-order valence-electron chi connectivity index (χ2n) is 7.61. The molecule has 4 aromatic carbocycles. The standard InChI is InChI=1S/C27H23BrN2O4/c1-18(34-23-13-11-20-9-5-6-10-21(20)15-23)27(32)30-29-26(31)17-33-25-14-12-22(16-24(25)28)19-7-3-2-4-8-19/h2-16,18H,17H2,1H3,(H,29,31)(H,30,32). The monoisotopic (exact) mass is 518 g/mol. The smallest absolute Gasteiger partial charge is 0.279 e. The van der Waals surface area contributed by atoms with Crippen LogP contribution in [0.5, 0.6) is 11.5 Å². The molecule has 0 spiro atoms. The van der Waals surface area contributed by atoms with Gasteiger partial charge < -0.3 is 9.47 Å². The molecule has 0 radical (unpaired) electrons. The molecule has 0 saturated carbocycles. The third-order valence-electron chi connectivity index (χ3n) is 5.13. The number of hydrazine groups is 1. The average molecular weight is 519 g/mol. The van der Waals surface area contributed by atoms with E-state index in [1.54, 1.807) is 19.1 Å². The van der Waals surface area contributed by atoms with E-state index in [2.05, 4.69) is 26.8 Å². The highest BCUT2D eigenvalue weighted by Crippen LogP contribution is 2.30. The van der Waals surface area contributed by atoms with Crippen LogP contribution in [0.1, 0.15) is 6.92 Å². The van der Waals surface area contributed by atoms with Gasteiger partial charge in [0.1, 0.15) is 11.5 Å². The van der Waals surface area contributed by atoms with Gasteiger partial charge in [0.15, 0.2) is 12.7 Å². The number of nitrogens with one attached hydrogen (secondary N) is 2. The summed E-state index contributed by atoms with van der Waals surface area (Å²) in [6.45, 7) is 1.35. The van der Waals surface area contributed by atoms with Crippen molar-refractivity contribution in [2.75, 3.05) is 6.61 Å². The Labute approximate surface area is 206 Å². The minimum absolute atomic E-state index is 0.260. The Morgan fingerprint density at radius 1 is 0.824 bits per heavy atom. The van der Waals surface area contributed by atoms with Gasteiger partial charge in [-0.1, -0.05) is 66.7 Å². The molecule has 172 valence electrons. The number of halogens is 1. The van der Waals surface area contributed by atoms with E-state index >= 15 is 0 Å². The van der Waals surface area contributed by atoms with Gasteiger partial charge in [-0.05, 0) is 69.0 Å². The van der Waals surface area contributed by atoms with Crippen LogP contribution in [-0.2, 0) is 9.59 Å². The first-order valence-corrected chi connectivity index (χ1v) is 11.5. The summed E-state index contributed by atoms with van der Waals surface area (Å²) in [5.41, 5.74) is 6.82. The van der Waals surface area contributed by atoms with Crippen LogP contribution in [0.3, 0.4) is 0 Å². The summed E-state index contributed by atoms with van der Waals surface area (Å²) in [5, 5.41) is 2.10. The van der Waals surface area contributed by atoms with Crippen molar-refractivity contribution in [1.82, 2.24) is 10.9 Å². The predicted octanol–water partition coefficient (Wildman–Crippen LogP) is 5.26. The molecule has 6 nitrogen and oxygen atoms in total. The van der Waals surface area contributed by atoms with Crippen LogP contribution in [-0.4, -0.2) is 24.5 Å². The lowest BCUT2D eigenvalue weighted by atomic mass is 10.1. The average Bonchev–Trinajstić information content (AvgIpc) is 2.87. The zero-order valence-corrected chi connectivity index (χ0v) is 20.0. The zero-order chi connectivity index (χ0) is 23.9. The number of hydrogen-bond donors (Lipinski definition) is 2. The fraction of sp³-hybridized carbons (Fsp3) is 0.111. The van der Waals surface area contributed by atoms with E-state index in [0.29, 0.717) is 11.5 Å². The molecule has 4 aromatic rings. The summed E-state index contributed by atoms with van der Waals surface area (Å²) in [6, 6.07) is 29.1. The number of fused-ring (bicyclic) bond motifs is 1. The van der Waals surface area contributed by atoms with Crippen molar-refractivity contribution < 1.29 is 19.1 Å². The lowest BCUT2D eigenvalue weighted by Gasteiger charge is -2.16. The molecular formula is C27H23BrN2O4. The molecule has 0 fully saturated rings. The van der Waals surface area contributed by atoms with Crippen molar-refractivity contribution in [3.8, 4) is 22.6 Å². The molecule has 4 rings (SSSR count). The molecule has 0 aromatic heterocycles. The lowest BCUT2D eigenvalue weighted by molar-refractivity contribution is -0.133. The number of benzene rings is 4. The van der Waals surface area contributed by atoms with Crippen molar-refractivity contribution in [3.05, 3.63) is 95.5 Å². The highest BCUT2D eigenvalue weighted by atomic mass is 79.9. The molecule has 34 heavy (non-hydrogen) atoms. The van der Waals surface area contributed by atoms with Crippen LogP contribution in [0.15, 0.2) is 95.5 Å². The van der Waals surface area contributed by atoms with E-state index in [9.17, 15) is 9.59 Å². The molecule has 2 N–H and O–H groups in total. The van der Waals surface area contributed by atoms with Crippen molar-refractivity contribution >= 4 is 38.5 Å². The summed E-state index contributed by atoms with van der Waals surface area (Å²) in [4.78, 5) is 24.5. The zero-order valence-electron chi connectivity index (χ0n) is 18.5. The quantitative estimate of drug-likeness (QED) is 0.327. The van der Waals surface area contributed by atoms with Crippen molar-refractivity contribution in [1.29, 1.82) is 0 Å². The van der Waals surface area contributed by atoms with Crippen molar-refractivity contribution in [2.24, 2.45) is 0 Å². The number of carbonyl (C=O) groups is 2. The van der Waals surface area contributed by atoms with E-state index in [-0.39, 0.29) is 6.61 Å². The Bertz CT molecular complexity index is 1310. The molecule has 0 saturated heterocycles. The minimum Gasteiger partial charge on any atom is -0.483 e. The van der Waals surface area contributed by atoms with E-state index in [0.717, 1.165) is 26.4 Å². The normalized spacial score (nSPS) is 11.5. The van der Waals surface area contributed by atoms with Gasteiger partial charge in [-0.3, -0.25) is 20.4 Å². The molecule has 0 heterocycles. The summed E-state index contributed by atoms with van der Waals surface area (Å²) in [5.74, 6) is 0.120. The van der Waals surface area contributed by atoms with Crippen LogP contribution in [0, 0.1) is 0 Å². The van der Waals surface area contributed by atoms with Crippen LogP contribution >= 0.6 is 15.9 Å². The van der Waals surface area contributed by atoms with Gasteiger partial charge in [0.05, 0.1) is 4.47 Å². The topological polar surface area (TPSA) is 76.7 Å². The second kappa shape index (κ2) is 10.9.